The SMILES string of the molecule is NS(N)(=O)=O.c1ccncc1. The zero-order valence-corrected chi connectivity index (χ0v) is 6.53. The molecular weight excluding hydrogens is 166 g/mol. The lowest BCUT2D eigenvalue weighted by atomic mass is 10.5. The van der Waals surface area contributed by atoms with Crippen LogP contribution in [0.2, 0.25) is 0 Å². The lowest BCUT2D eigenvalue weighted by molar-refractivity contribution is 0.599. The first-order valence-electron chi connectivity index (χ1n) is 2.65. The van der Waals surface area contributed by atoms with Gasteiger partial charge in [0.25, 0.3) is 10.2 Å². The maximum Gasteiger partial charge on any atom is 0.271 e. The number of nitrogens with zero attached hydrogens (tertiary/aromatic N) is 1. The Morgan fingerprint density at radius 2 is 1.36 bits per heavy atom. The van der Waals surface area contributed by atoms with E-state index in [1.807, 2.05) is 18.2 Å². The second-order valence-electron chi connectivity index (χ2n) is 1.61. The Balaban J connectivity index is 0.000000187. The van der Waals surface area contributed by atoms with E-state index >= 15 is 0 Å². The molecule has 1 aromatic rings. The van der Waals surface area contributed by atoms with Gasteiger partial charge < -0.3 is 0 Å². The Hall–Kier alpha value is -0.980. The van der Waals surface area contributed by atoms with E-state index < -0.39 is 10.2 Å². The third-order valence-corrected chi connectivity index (χ3v) is 0.566. The first-order valence-corrected chi connectivity index (χ1v) is 4.26. The first kappa shape index (κ1) is 10.0. The lowest BCUT2D eigenvalue weighted by Gasteiger charge is -1.72. The van der Waals surface area contributed by atoms with Crippen LogP contribution in [0.25, 0.3) is 0 Å². The molecule has 0 radical (unpaired) electrons. The van der Waals surface area contributed by atoms with Crippen molar-refractivity contribution in [3.8, 4) is 0 Å². The van der Waals surface area contributed by atoms with Crippen LogP contribution in [0.5, 0.6) is 0 Å². The maximum atomic E-state index is 9.19. The predicted molar refractivity (Wildman–Crippen MR) is 41.5 cm³/mol. The summed E-state index contributed by atoms with van der Waals surface area (Å²) in [5.74, 6) is 0. The molecule has 0 amide bonds. The minimum absolute atomic E-state index is 1.75. The smallest absolute Gasteiger partial charge is 0.265 e. The molecule has 5 nitrogen and oxygen atoms in total. The molecule has 0 bridgehead atoms. The summed E-state index contributed by atoms with van der Waals surface area (Å²) in [7, 11) is -3.67. The Morgan fingerprint density at radius 3 is 1.45 bits per heavy atom. The van der Waals surface area contributed by atoms with E-state index in [0.29, 0.717) is 0 Å². The normalized spacial score (nSPS) is 9.64. The van der Waals surface area contributed by atoms with Gasteiger partial charge in [-0.05, 0) is 12.1 Å². The highest BCUT2D eigenvalue weighted by Crippen LogP contribution is 1.73. The topological polar surface area (TPSA) is 99.1 Å². The summed E-state index contributed by atoms with van der Waals surface area (Å²) in [6, 6.07) is 5.72. The van der Waals surface area contributed by atoms with Gasteiger partial charge in [0.05, 0.1) is 0 Å². The van der Waals surface area contributed by atoms with Crippen LogP contribution in [0.4, 0.5) is 0 Å². The van der Waals surface area contributed by atoms with Gasteiger partial charge >= 0.3 is 0 Å². The maximum absolute atomic E-state index is 9.19. The van der Waals surface area contributed by atoms with Gasteiger partial charge in [0.2, 0.25) is 0 Å². The fraction of sp³-hybridized carbons (Fsp3) is 0. The molecule has 0 aromatic carbocycles. The van der Waals surface area contributed by atoms with Crippen LogP contribution in [-0.4, -0.2) is 13.4 Å². The van der Waals surface area contributed by atoms with Crippen molar-refractivity contribution < 1.29 is 8.42 Å². The van der Waals surface area contributed by atoms with E-state index in [4.69, 9.17) is 0 Å². The number of hydrogen-bond donors (Lipinski definition) is 2. The van der Waals surface area contributed by atoms with Gasteiger partial charge in [-0.1, -0.05) is 6.07 Å². The molecule has 1 rings (SSSR count). The highest BCUT2D eigenvalue weighted by molar-refractivity contribution is 7.86. The second-order valence-corrected chi connectivity index (χ2v) is 2.79. The van der Waals surface area contributed by atoms with E-state index in [-0.39, 0.29) is 0 Å². The van der Waals surface area contributed by atoms with Crippen LogP contribution < -0.4 is 10.3 Å². The van der Waals surface area contributed by atoms with Gasteiger partial charge in [0.1, 0.15) is 0 Å². The fourth-order valence-electron chi connectivity index (χ4n) is 0.313. The molecule has 11 heavy (non-hydrogen) atoms. The molecule has 1 aromatic heterocycles. The minimum Gasteiger partial charge on any atom is -0.265 e. The van der Waals surface area contributed by atoms with Gasteiger partial charge in [0.15, 0.2) is 0 Å². The predicted octanol–water partition coefficient (Wildman–Crippen LogP) is -0.770. The number of nitrogens with two attached hydrogens (primary N) is 2. The molecule has 0 unspecified atom stereocenters. The Bertz CT molecular complexity index is 236. The molecule has 0 saturated heterocycles. The molecule has 62 valence electrons. The fourth-order valence-corrected chi connectivity index (χ4v) is 0.313. The number of aromatic nitrogens is 1. The van der Waals surface area contributed by atoms with Crippen LogP contribution >= 0.6 is 0 Å². The van der Waals surface area contributed by atoms with Crippen molar-refractivity contribution >= 4 is 10.2 Å². The molecule has 0 aliphatic heterocycles. The molecule has 4 N–H and O–H groups in total. The zero-order valence-electron chi connectivity index (χ0n) is 5.71. The summed E-state index contributed by atoms with van der Waals surface area (Å²) in [5, 5.41) is 8.21. The van der Waals surface area contributed by atoms with E-state index in [2.05, 4.69) is 15.3 Å². The highest BCUT2D eigenvalue weighted by Gasteiger charge is 1.78. The standard InChI is InChI=1S/C5H5N.H4N2O2S/c1-2-4-6-5-3-1;1-5(2,3)4/h1-5H;(H4,1,2,3,4). The Kier molecular flexibility index (Phi) is 4.35. The summed E-state index contributed by atoms with van der Waals surface area (Å²) >= 11 is 0. The van der Waals surface area contributed by atoms with Gasteiger partial charge in [-0.15, -0.1) is 0 Å². The Morgan fingerprint density at radius 1 is 1.00 bits per heavy atom. The summed E-state index contributed by atoms with van der Waals surface area (Å²) in [5.41, 5.74) is 0. The average molecular weight is 175 g/mol. The summed E-state index contributed by atoms with van der Waals surface area (Å²) in [6.45, 7) is 0. The first-order chi connectivity index (χ1) is 5.00. The van der Waals surface area contributed by atoms with Crippen LogP contribution in [0.1, 0.15) is 0 Å². The summed E-state index contributed by atoms with van der Waals surface area (Å²) < 4.78 is 18.4. The number of rotatable bonds is 0. The van der Waals surface area contributed by atoms with Crippen molar-refractivity contribution in [2.75, 3.05) is 0 Å². The highest BCUT2D eigenvalue weighted by atomic mass is 32.2. The van der Waals surface area contributed by atoms with E-state index in [1.165, 1.54) is 0 Å². The third kappa shape index (κ3) is 17.6. The number of pyridine rings is 1. The molecule has 0 spiro atoms. The van der Waals surface area contributed by atoms with Crippen molar-refractivity contribution in [2.45, 2.75) is 0 Å². The van der Waals surface area contributed by atoms with Crippen LogP contribution in [-0.2, 0) is 10.2 Å². The van der Waals surface area contributed by atoms with Gasteiger partial charge in [0, 0.05) is 12.4 Å². The van der Waals surface area contributed by atoms with Crippen molar-refractivity contribution in [3.05, 3.63) is 30.6 Å². The molecule has 1 heterocycles. The summed E-state index contributed by atoms with van der Waals surface area (Å²) in [6.07, 6.45) is 3.50. The van der Waals surface area contributed by atoms with Gasteiger partial charge in [-0.25, -0.2) is 10.3 Å². The quantitative estimate of drug-likeness (QED) is 0.541. The van der Waals surface area contributed by atoms with E-state index in [9.17, 15) is 8.42 Å². The van der Waals surface area contributed by atoms with Crippen LogP contribution in [0, 0.1) is 0 Å². The van der Waals surface area contributed by atoms with Crippen molar-refractivity contribution in [2.24, 2.45) is 10.3 Å². The molecule has 0 aliphatic carbocycles. The molecule has 0 aliphatic rings. The molecular formula is C5H9N3O2S. The van der Waals surface area contributed by atoms with Crippen LogP contribution in [0.3, 0.4) is 0 Å². The van der Waals surface area contributed by atoms with Crippen LogP contribution in [0.15, 0.2) is 30.6 Å². The Labute approximate surface area is 65.2 Å². The van der Waals surface area contributed by atoms with Crippen molar-refractivity contribution in [3.63, 3.8) is 0 Å². The van der Waals surface area contributed by atoms with Gasteiger partial charge in [-0.2, -0.15) is 8.42 Å². The monoisotopic (exact) mass is 175 g/mol. The lowest BCUT2D eigenvalue weighted by Crippen LogP contribution is -2.21. The second kappa shape index (κ2) is 4.78. The van der Waals surface area contributed by atoms with E-state index in [0.717, 1.165) is 0 Å². The molecule has 6 heteroatoms. The van der Waals surface area contributed by atoms with E-state index in [1.54, 1.807) is 12.4 Å². The molecule has 0 saturated carbocycles. The third-order valence-electron chi connectivity index (χ3n) is 0.566. The average Bonchev–Trinajstić information content (AvgIpc) is 1.88. The minimum atomic E-state index is -3.67. The van der Waals surface area contributed by atoms with Gasteiger partial charge in [-0.3, -0.25) is 4.98 Å². The molecule has 0 fully saturated rings. The van der Waals surface area contributed by atoms with Crippen molar-refractivity contribution in [1.82, 2.24) is 4.98 Å². The van der Waals surface area contributed by atoms with Crippen molar-refractivity contribution in [1.29, 1.82) is 0 Å². The largest absolute Gasteiger partial charge is 0.271 e. The summed E-state index contributed by atoms with van der Waals surface area (Å²) in [4.78, 5) is 3.78. The zero-order chi connectivity index (χ0) is 8.74. The number of hydrogen-bond acceptors (Lipinski definition) is 3. The molecule has 0 atom stereocenters.